The van der Waals surface area contributed by atoms with Crippen LogP contribution in [0.15, 0.2) is 24.3 Å². The van der Waals surface area contributed by atoms with E-state index in [0.29, 0.717) is 0 Å². The molecule has 18 heavy (non-hydrogen) atoms. The number of benzene rings is 1. The van der Waals surface area contributed by atoms with Gasteiger partial charge in [0, 0.05) is 7.11 Å². The third-order valence-corrected chi connectivity index (χ3v) is 4.27. The summed E-state index contributed by atoms with van der Waals surface area (Å²) in [5.41, 5.74) is 5.40. The van der Waals surface area contributed by atoms with Crippen LogP contribution in [-0.2, 0) is 11.2 Å². The lowest BCUT2D eigenvalue weighted by Crippen LogP contribution is -2.46. The molecule has 1 aliphatic rings. The molecule has 1 aromatic carbocycles. The topological polar surface area (TPSA) is 47.3 Å². The van der Waals surface area contributed by atoms with Crippen molar-refractivity contribution in [2.75, 3.05) is 7.11 Å². The van der Waals surface area contributed by atoms with Crippen molar-refractivity contribution < 1.29 is 4.74 Å². The maximum atomic E-state index is 5.82. The Morgan fingerprint density at radius 1 is 1.28 bits per heavy atom. The summed E-state index contributed by atoms with van der Waals surface area (Å²) in [6, 6.07) is 8.77. The molecular formula is C15H24N2O. The maximum absolute atomic E-state index is 5.82. The number of methoxy groups -OCH3 is 1. The van der Waals surface area contributed by atoms with E-state index in [4.69, 9.17) is 10.6 Å². The summed E-state index contributed by atoms with van der Waals surface area (Å²) in [4.78, 5) is 0. The van der Waals surface area contributed by atoms with Crippen molar-refractivity contribution in [3.8, 4) is 0 Å². The lowest BCUT2D eigenvalue weighted by Gasteiger charge is -2.36. The number of hydrogen-bond donors (Lipinski definition) is 2. The Balaban J connectivity index is 2.26. The third kappa shape index (κ3) is 2.44. The summed E-state index contributed by atoms with van der Waals surface area (Å²) in [6.07, 6.45) is 5.66. The van der Waals surface area contributed by atoms with E-state index in [-0.39, 0.29) is 11.6 Å². The van der Waals surface area contributed by atoms with E-state index in [2.05, 4.69) is 36.6 Å². The van der Waals surface area contributed by atoms with E-state index in [0.717, 1.165) is 19.3 Å². The Hall–Kier alpha value is -0.900. The van der Waals surface area contributed by atoms with Crippen molar-refractivity contribution in [1.29, 1.82) is 0 Å². The van der Waals surface area contributed by atoms with E-state index in [9.17, 15) is 0 Å². The summed E-state index contributed by atoms with van der Waals surface area (Å²) in [5, 5.41) is 0. The molecule has 0 saturated heterocycles. The summed E-state index contributed by atoms with van der Waals surface area (Å²) in [7, 11) is 1.80. The van der Waals surface area contributed by atoms with Crippen molar-refractivity contribution in [2.24, 2.45) is 5.84 Å². The largest absolute Gasteiger partial charge is 0.376 e. The fourth-order valence-corrected chi connectivity index (χ4v) is 3.08. The minimum Gasteiger partial charge on any atom is -0.376 e. The van der Waals surface area contributed by atoms with Crippen LogP contribution in [0.4, 0.5) is 0 Å². The number of ether oxygens (including phenoxy) is 1. The standard InChI is InChI=1S/C15H24N2O/c1-3-12-6-8-13(9-7-12)14(17-16)15(18-2)10-4-5-11-15/h6-9,14,17H,3-5,10-11,16H2,1-2H3. The van der Waals surface area contributed by atoms with Crippen molar-refractivity contribution in [3.63, 3.8) is 0 Å². The molecule has 3 heteroatoms. The molecule has 1 atom stereocenters. The van der Waals surface area contributed by atoms with Crippen LogP contribution in [0.5, 0.6) is 0 Å². The summed E-state index contributed by atoms with van der Waals surface area (Å²) >= 11 is 0. The van der Waals surface area contributed by atoms with Gasteiger partial charge in [-0.25, -0.2) is 0 Å². The molecule has 1 aliphatic carbocycles. The first-order chi connectivity index (χ1) is 8.75. The summed E-state index contributed by atoms with van der Waals surface area (Å²) < 4.78 is 5.82. The van der Waals surface area contributed by atoms with Crippen LogP contribution in [0.3, 0.4) is 0 Å². The number of hydrogen-bond acceptors (Lipinski definition) is 3. The molecule has 0 bridgehead atoms. The van der Waals surface area contributed by atoms with E-state index < -0.39 is 0 Å². The van der Waals surface area contributed by atoms with Gasteiger partial charge < -0.3 is 4.74 Å². The second-order valence-corrected chi connectivity index (χ2v) is 5.17. The second kappa shape index (κ2) is 5.83. The SMILES string of the molecule is CCc1ccc(C(NN)C2(OC)CCCC2)cc1. The normalized spacial score (nSPS) is 19.9. The highest BCUT2D eigenvalue weighted by Gasteiger charge is 2.41. The van der Waals surface area contributed by atoms with Crippen LogP contribution in [0, 0.1) is 0 Å². The predicted octanol–water partition coefficient (Wildman–Crippen LogP) is 2.71. The molecule has 1 aromatic rings. The second-order valence-electron chi connectivity index (χ2n) is 5.17. The average molecular weight is 248 g/mol. The van der Waals surface area contributed by atoms with Crippen molar-refractivity contribution >= 4 is 0 Å². The minimum atomic E-state index is -0.136. The number of rotatable bonds is 5. The number of aryl methyl sites for hydroxylation is 1. The quantitative estimate of drug-likeness (QED) is 0.622. The molecule has 0 amide bonds. The Morgan fingerprint density at radius 2 is 1.89 bits per heavy atom. The van der Waals surface area contributed by atoms with E-state index in [1.807, 2.05) is 0 Å². The molecule has 1 saturated carbocycles. The average Bonchev–Trinajstić information content (AvgIpc) is 2.90. The van der Waals surface area contributed by atoms with Crippen molar-refractivity contribution in [1.82, 2.24) is 5.43 Å². The van der Waals surface area contributed by atoms with Crippen molar-refractivity contribution in [2.45, 2.75) is 50.7 Å². The van der Waals surface area contributed by atoms with Gasteiger partial charge in [0.2, 0.25) is 0 Å². The first-order valence-electron chi connectivity index (χ1n) is 6.86. The van der Waals surface area contributed by atoms with Crippen LogP contribution in [0.2, 0.25) is 0 Å². The van der Waals surface area contributed by atoms with Gasteiger partial charge in [-0.1, -0.05) is 44.0 Å². The number of nitrogens with two attached hydrogens (primary N) is 1. The molecule has 0 spiro atoms. The summed E-state index contributed by atoms with van der Waals surface area (Å²) in [6.45, 7) is 2.17. The van der Waals surface area contributed by atoms with Crippen LogP contribution in [-0.4, -0.2) is 12.7 Å². The molecule has 3 N–H and O–H groups in total. The monoisotopic (exact) mass is 248 g/mol. The smallest absolute Gasteiger partial charge is 0.0885 e. The highest BCUT2D eigenvalue weighted by Crippen LogP contribution is 2.42. The Morgan fingerprint density at radius 3 is 2.33 bits per heavy atom. The maximum Gasteiger partial charge on any atom is 0.0885 e. The van der Waals surface area contributed by atoms with Gasteiger partial charge >= 0.3 is 0 Å². The first kappa shape index (κ1) is 13.5. The van der Waals surface area contributed by atoms with E-state index in [1.165, 1.54) is 24.0 Å². The zero-order valence-electron chi connectivity index (χ0n) is 11.4. The van der Waals surface area contributed by atoms with Crippen LogP contribution >= 0.6 is 0 Å². The zero-order chi connectivity index (χ0) is 13.0. The molecule has 1 fully saturated rings. The van der Waals surface area contributed by atoms with Gasteiger partial charge in [-0.05, 0) is 30.4 Å². The minimum absolute atomic E-state index is 0.0795. The number of nitrogens with one attached hydrogen (secondary N) is 1. The Labute approximate surface area is 110 Å². The molecule has 0 radical (unpaired) electrons. The van der Waals surface area contributed by atoms with Gasteiger partial charge in [0.15, 0.2) is 0 Å². The molecule has 0 heterocycles. The van der Waals surface area contributed by atoms with Gasteiger partial charge in [-0.3, -0.25) is 11.3 Å². The molecule has 0 aliphatic heterocycles. The van der Waals surface area contributed by atoms with E-state index in [1.54, 1.807) is 7.11 Å². The Bertz CT molecular complexity index is 369. The molecule has 0 aromatic heterocycles. The van der Waals surface area contributed by atoms with Gasteiger partial charge in [-0.15, -0.1) is 0 Å². The summed E-state index contributed by atoms with van der Waals surface area (Å²) in [5.74, 6) is 5.79. The van der Waals surface area contributed by atoms with E-state index >= 15 is 0 Å². The van der Waals surface area contributed by atoms with Crippen LogP contribution in [0.1, 0.15) is 49.8 Å². The molecule has 3 nitrogen and oxygen atoms in total. The zero-order valence-corrected chi connectivity index (χ0v) is 11.4. The number of hydrazine groups is 1. The lowest BCUT2D eigenvalue weighted by molar-refractivity contribution is -0.0368. The fourth-order valence-electron chi connectivity index (χ4n) is 3.08. The highest BCUT2D eigenvalue weighted by molar-refractivity contribution is 5.27. The molecular weight excluding hydrogens is 224 g/mol. The van der Waals surface area contributed by atoms with Crippen LogP contribution < -0.4 is 11.3 Å². The fraction of sp³-hybridized carbons (Fsp3) is 0.600. The van der Waals surface area contributed by atoms with Crippen LogP contribution in [0.25, 0.3) is 0 Å². The molecule has 2 rings (SSSR count). The highest BCUT2D eigenvalue weighted by atomic mass is 16.5. The first-order valence-corrected chi connectivity index (χ1v) is 6.86. The Kier molecular flexibility index (Phi) is 4.38. The van der Waals surface area contributed by atoms with Gasteiger partial charge in [0.1, 0.15) is 0 Å². The van der Waals surface area contributed by atoms with Gasteiger partial charge in [0.25, 0.3) is 0 Å². The molecule has 100 valence electrons. The predicted molar refractivity (Wildman–Crippen MR) is 74.1 cm³/mol. The van der Waals surface area contributed by atoms with Gasteiger partial charge in [-0.2, -0.15) is 0 Å². The molecule has 1 unspecified atom stereocenters. The third-order valence-electron chi connectivity index (χ3n) is 4.27. The van der Waals surface area contributed by atoms with Gasteiger partial charge in [0.05, 0.1) is 11.6 Å². The lowest BCUT2D eigenvalue weighted by atomic mass is 9.86. The van der Waals surface area contributed by atoms with Crippen molar-refractivity contribution in [3.05, 3.63) is 35.4 Å².